The number of likely N-dealkylation sites (tertiary alicyclic amines) is 1. The average Bonchev–Trinajstić information content (AvgIpc) is 2.48. The van der Waals surface area contributed by atoms with Gasteiger partial charge in [0.15, 0.2) is 0 Å². The van der Waals surface area contributed by atoms with E-state index in [1.165, 1.54) is 5.57 Å². The number of hydrogen-bond donors (Lipinski definition) is 2. The second-order valence-electron chi connectivity index (χ2n) is 6.61. The summed E-state index contributed by atoms with van der Waals surface area (Å²) >= 11 is 0. The zero-order valence-electron chi connectivity index (χ0n) is 14.0. The Kier molecular flexibility index (Phi) is 5.83. The van der Waals surface area contributed by atoms with E-state index in [0.29, 0.717) is 32.5 Å². The molecule has 6 nitrogen and oxygen atoms in total. The van der Waals surface area contributed by atoms with E-state index in [1.54, 1.807) is 12.0 Å². The second-order valence-corrected chi connectivity index (χ2v) is 6.61. The number of likely N-dealkylation sites (N-methyl/N-ethyl adjacent to an activating group) is 1. The molecule has 0 radical (unpaired) electrons. The Morgan fingerprint density at radius 3 is 2.68 bits per heavy atom. The highest BCUT2D eigenvalue weighted by Crippen LogP contribution is 2.22. The predicted molar refractivity (Wildman–Crippen MR) is 85.8 cm³/mol. The molecule has 2 aliphatic rings. The van der Waals surface area contributed by atoms with E-state index in [-0.39, 0.29) is 12.1 Å². The molecule has 1 saturated heterocycles. The van der Waals surface area contributed by atoms with Crippen LogP contribution in [0.25, 0.3) is 0 Å². The number of ether oxygens (including phenoxy) is 1. The number of nitrogens with zero attached hydrogens (tertiary/aromatic N) is 2. The summed E-state index contributed by atoms with van der Waals surface area (Å²) in [7, 11) is 3.69. The lowest BCUT2D eigenvalue weighted by molar-refractivity contribution is -0.0648. The van der Waals surface area contributed by atoms with Gasteiger partial charge in [0.2, 0.25) is 0 Å². The summed E-state index contributed by atoms with van der Waals surface area (Å²) in [6.07, 6.45) is 4.35. The zero-order chi connectivity index (χ0) is 16.2. The van der Waals surface area contributed by atoms with Gasteiger partial charge in [-0.05, 0) is 38.8 Å². The number of carbonyl (C=O) groups excluding carboxylic acids is 1. The Morgan fingerprint density at radius 2 is 2.14 bits per heavy atom. The van der Waals surface area contributed by atoms with Gasteiger partial charge in [-0.15, -0.1) is 0 Å². The van der Waals surface area contributed by atoms with Gasteiger partial charge in [-0.25, -0.2) is 4.79 Å². The SMILES string of the molecule is COCC1(O)CCN(C(=O)NC(C)C2=CCN(C)CC2)CC1. The number of hydrogen-bond acceptors (Lipinski definition) is 4. The molecule has 2 heterocycles. The summed E-state index contributed by atoms with van der Waals surface area (Å²) in [6.45, 7) is 5.50. The van der Waals surface area contributed by atoms with Crippen LogP contribution >= 0.6 is 0 Å². The van der Waals surface area contributed by atoms with E-state index < -0.39 is 5.60 Å². The molecule has 126 valence electrons. The Balaban J connectivity index is 1.81. The van der Waals surface area contributed by atoms with Crippen LogP contribution in [-0.2, 0) is 4.74 Å². The monoisotopic (exact) mass is 311 g/mol. The Labute approximate surface area is 133 Å². The lowest BCUT2D eigenvalue weighted by atomic mass is 9.92. The zero-order valence-corrected chi connectivity index (χ0v) is 14.0. The Hall–Kier alpha value is -1.11. The number of carbonyl (C=O) groups is 1. The molecule has 0 aromatic carbocycles. The van der Waals surface area contributed by atoms with Gasteiger partial charge in [-0.1, -0.05) is 6.08 Å². The summed E-state index contributed by atoms with van der Waals surface area (Å²) in [6, 6.07) is 0.0350. The molecule has 6 heteroatoms. The molecule has 1 fully saturated rings. The van der Waals surface area contributed by atoms with Gasteiger partial charge in [0.25, 0.3) is 0 Å². The van der Waals surface area contributed by atoms with Crippen molar-refractivity contribution in [1.29, 1.82) is 0 Å². The normalized spacial score (nSPS) is 23.8. The van der Waals surface area contributed by atoms with Crippen LogP contribution in [-0.4, -0.2) is 79.5 Å². The third-order valence-electron chi connectivity index (χ3n) is 4.74. The number of aliphatic hydroxyl groups is 1. The van der Waals surface area contributed by atoms with Crippen molar-refractivity contribution in [2.24, 2.45) is 0 Å². The van der Waals surface area contributed by atoms with Crippen molar-refractivity contribution in [1.82, 2.24) is 15.1 Å². The first-order valence-corrected chi connectivity index (χ1v) is 8.08. The first kappa shape index (κ1) is 17.2. The van der Waals surface area contributed by atoms with Gasteiger partial charge in [0, 0.05) is 39.3 Å². The number of piperidine rings is 1. The van der Waals surface area contributed by atoms with Gasteiger partial charge < -0.3 is 25.0 Å². The third-order valence-corrected chi connectivity index (χ3v) is 4.74. The number of nitrogens with one attached hydrogen (secondary N) is 1. The minimum Gasteiger partial charge on any atom is -0.387 e. The lowest BCUT2D eigenvalue weighted by Gasteiger charge is -2.38. The highest BCUT2D eigenvalue weighted by molar-refractivity contribution is 5.75. The fraction of sp³-hybridized carbons (Fsp3) is 0.812. The van der Waals surface area contributed by atoms with Crippen LogP contribution in [0.4, 0.5) is 4.79 Å². The largest absolute Gasteiger partial charge is 0.387 e. The molecule has 0 saturated carbocycles. The second kappa shape index (κ2) is 7.44. The molecule has 2 amide bonds. The number of urea groups is 1. The Morgan fingerprint density at radius 1 is 1.45 bits per heavy atom. The van der Waals surface area contributed by atoms with Crippen LogP contribution in [0.1, 0.15) is 26.2 Å². The first-order chi connectivity index (χ1) is 10.4. The molecule has 0 spiro atoms. The molecule has 22 heavy (non-hydrogen) atoms. The molecule has 0 bridgehead atoms. The van der Waals surface area contributed by atoms with Crippen molar-refractivity contribution < 1.29 is 14.6 Å². The molecule has 0 aromatic rings. The molecule has 0 aliphatic carbocycles. The standard InChI is InChI=1S/C16H29N3O3/c1-13(14-4-8-18(2)9-5-14)17-15(20)19-10-6-16(21,7-11-19)12-22-3/h4,13,21H,5-12H2,1-3H3,(H,17,20). The molecule has 1 unspecified atom stereocenters. The van der Waals surface area contributed by atoms with E-state index in [9.17, 15) is 9.90 Å². The summed E-state index contributed by atoms with van der Waals surface area (Å²) in [5, 5.41) is 13.4. The molecular formula is C16H29N3O3. The van der Waals surface area contributed by atoms with Crippen molar-refractivity contribution in [3.8, 4) is 0 Å². The molecule has 2 aliphatic heterocycles. The van der Waals surface area contributed by atoms with Crippen molar-refractivity contribution in [3.05, 3.63) is 11.6 Å². The van der Waals surface area contributed by atoms with Crippen LogP contribution in [0.15, 0.2) is 11.6 Å². The summed E-state index contributed by atoms with van der Waals surface area (Å²) in [5.74, 6) is 0. The van der Waals surface area contributed by atoms with Gasteiger partial charge in [0.05, 0.1) is 12.2 Å². The van der Waals surface area contributed by atoms with E-state index in [2.05, 4.69) is 23.3 Å². The molecule has 0 aromatic heterocycles. The van der Waals surface area contributed by atoms with E-state index in [0.717, 1.165) is 19.5 Å². The van der Waals surface area contributed by atoms with Gasteiger partial charge in [0.1, 0.15) is 0 Å². The predicted octanol–water partition coefficient (Wildman–Crippen LogP) is 0.820. The van der Waals surface area contributed by atoms with Gasteiger partial charge in [-0.2, -0.15) is 0 Å². The van der Waals surface area contributed by atoms with Gasteiger partial charge in [-0.3, -0.25) is 0 Å². The maximum absolute atomic E-state index is 12.3. The van der Waals surface area contributed by atoms with Crippen molar-refractivity contribution in [2.45, 2.75) is 37.8 Å². The van der Waals surface area contributed by atoms with Crippen LogP contribution in [0.3, 0.4) is 0 Å². The van der Waals surface area contributed by atoms with Crippen LogP contribution in [0, 0.1) is 0 Å². The Bertz CT molecular complexity index is 417. The highest BCUT2D eigenvalue weighted by atomic mass is 16.5. The maximum atomic E-state index is 12.3. The maximum Gasteiger partial charge on any atom is 0.317 e. The number of rotatable bonds is 4. The van der Waals surface area contributed by atoms with Crippen LogP contribution < -0.4 is 5.32 Å². The number of methoxy groups -OCH3 is 1. The fourth-order valence-corrected chi connectivity index (χ4v) is 3.09. The van der Waals surface area contributed by atoms with E-state index in [4.69, 9.17) is 4.74 Å². The smallest absolute Gasteiger partial charge is 0.317 e. The summed E-state index contributed by atoms with van der Waals surface area (Å²) in [4.78, 5) is 16.4. The highest BCUT2D eigenvalue weighted by Gasteiger charge is 2.34. The molecule has 1 atom stereocenters. The molecule has 2 rings (SSSR count). The first-order valence-electron chi connectivity index (χ1n) is 8.08. The van der Waals surface area contributed by atoms with Crippen molar-refractivity contribution in [2.75, 3.05) is 46.9 Å². The topological polar surface area (TPSA) is 65.0 Å². The summed E-state index contributed by atoms with van der Waals surface area (Å²) in [5.41, 5.74) is 0.521. The minimum atomic E-state index is -0.784. The minimum absolute atomic E-state index is 0.0354. The van der Waals surface area contributed by atoms with Gasteiger partial charge >= 0.3 is 6.03 Å². The molecule has 2 N–H and O–H groups in total. The average molecular weight is 311 g/mol. The lowest BCUT2D eigenvalue weighted by Crippen LogP contribution is -2.53. The third kappa shape index (κ3) is 4.44. The fourth-order valence-electron chi connectivity index (χ4n) is 3.09. The van der Waals surface area contributed by atoms with E-state index in [1.807, 2.05) is 6.92 Å². The molecular weight excluding hydrogens is 282 g/mol. The number of amides is 2. The van der Waals surface area contributed by atoms with E-state index >= 15 is 0 Å². The summed E-state index contributed by atoms with van der Waals surface area (Å²) < 4.78 is 5.05. The van der Waals surface area contributed by atoms with Crippen molar-refractivity contribution >= 4 is 6.03 Å². The van der Waals surface area contributed by atoms with Crippen molar-refractivity contribution in [3.63, 3.8) is 0 Å². The quantitative estimate of drug-likeness (QED) is 0.755. The van der Waals surface area contributed by atoms with Crippen LogP contribution in [0.5, 0.6) is 0 Å². The van der Waals surface area contributed by atoms with Crippen LogP contribution in [0.2, 0.25) is 0 Å².